The monoisotopic (exact) mass is 385 g/mol. The molecule has 1 rings (SSSR count). The number of nitrogens with one attached hydrogen (secondary N) is 1. The van der Waals surface area contributed by atoms with Gasteiger partial charge in [-0.1, -0.05) is 32.1 Å². The van der Waals surface area contributed by atoms with Crippen LogP contribution in [0, 0.1) is 11.8 Å². The summed E-state index contributed by atoms with van der Waals surface area (Å²) in [5.74, 6) is -2.18. The minimum absolute atomic E-state index is 0.0208. The van der Waals surface area contributed by atoms with Gasteiger partial charge in [0, 0.05) is 0 Å². The quantitative estimate of drug-likeness (QED) is 0.671. The lowest BCUT2D eigenvalue weighted by Crippen LogP contribution is -2.54. The van der Waals surface area contributed by atoms with E-state index in [-0.39, 0.29) is 18.9 Å². The van der Waals surface area contributed by atoms with Crippen molar-refractivity contribution >= 4 is 17.0 Å². The van der Waals surface area contributed by atoms with Crippen LogP contribution >= 0.6 is 0 Å². The summed E-state index contributed by atoms with van der Waals surface area (Å²) in [5, 5.41) is 0. The van der Waals surface area contributed by atoms with Crippen molar-refractivity contribution in [3.05, 3.63) is 0 Å². The van der Waals surface area contributed by atoms with E-state index >= 15 is 0 Å². The van der Waals surface area contributed by atoms with Gasteiger partial charge in [0.25, 0.3) is 0 Å². The molecule has 0 aliphatic heterocycles. The Balaban J connectivity index is 3.04. The third-order valence-corrected chi connectivity index (χ3v) is 6.03. The smallest absolute Gasteiger partial charge is 0.405 e. The number of hydrogen-bond acceptors (Lipinski definition) is 3. The lowest BCUT2D eigenvalue weighted by Gasteiger charge is -2.33. The number of esters is 1. The maximum Gasteiger partial charge on any atom is 0.405 e. The normalized spacial score (nSPS) is 20.8. The Labute approximate surface area is 150 Å². The molecule has 148 valence electrons. The number of rotatable bonds is 7. The van der Waals surface area contributed by atoms with Crippen LogP contribution in [0.1, 0.15) is 66.2 Å². The number of alkyl halides is 3. The van der Waals surface area contributed by atoms with Gasteiger partial charge >= 0.3 is 12.1 Å². The van der Waals surface area contributed by atoms with Gasteiger partial charge in [0.05, 0.1) is 28.3 Å². The van der Waals surface area contributed by atoms with Crippen LogP contribution in [0.5, 0.6) is 0 Å². The largest absolute Gasteiger partial charge is 0.466 e. The molecule has 1 fully saturated rings. The SMILES string of the molecule is CCOC(=O)[C@H](CC1CCCCC1)[C@@H](N[S@](=O)C(C)(C)C)C(F)(F)F. The van der Waals surface area contributed by atoms with Crippen LogP contribution in [0.2, 0.25) is 0 Å². The van der Waals surface area contributed by atoms with E-state index in [1.54, 1.807) is 27.7 Å². The minimum atomic E-state index is -4.69. The molecule has 8 heteroatoms. The van der Waals surface area contributed by atoms with Crippen LogP contribution in [0.15, 0.2) is 0 Å². The van der Waals surface area contributed by atoms with Crippen LogP contribution in [0.3, 0.4) is 0 Å². The highest BCUT2D eigenvalue weighted by Crippen LogP contribution is 2.35. The third kappa shape index (κ3) is 7.25. The second-order valence-electron chi connectivity index (χ2n) is 7.62. The van der Waals surface area contributed by atoms with E-state index in [2.05, 4.69) is 4.72 Å². The highest BCUT2D eigenvalue weighted by atomic mass is 32.2. The molecule has 0 heterocycles. The third-order valence-electron chi connectivity index (χ3n) is 4.45. The highest BCUT2D eigenvalue weighted by Gasteiger charge is 2.50. The van der Waals surface area contributed by atoms with Gasteiger partial charge in [0.2, 0.25) is 0 Å². The van der Waals surface area contributed by atoms with E-state index in [0.29, 0.717) is 0 Å². The van der Waals surface area contributed by atoms with E-state index in [9.17, 15) is 22.2 Å². The number of ether oxygens (including phenoxy) is 1. The molecule has 4 nitrogen and oxygen atoms in total. The predicted octanol–water partition coefficient (Wildman–Crippen LogP) is 4.12. The van der Waals surface area contributed by atoms with Crippen LogP contribution in [-0.4, -0.2) is 33.8 Å². The molecule has 0 saturated heterocycles. The fourth-order valence-electron chi connectivity index (χ4n) is 3.07. The van der Waals surface area contributed by atoms with Crippen molar-refractivity contribution in [1.82, 2.24) is 4.72 Å². The van der Waals surface area contributed by atoms with Gasteiger partial charge in [0.15, 0.2) is 0 Å². The molecule has 0 aromatic heterocycles. The van der Waals surface area contributed by atoms with Crippen molar-refractivity contribution in [1.29, 1.82) is 0 Å². The van der Waals surface area contributed by atoms with E-state index in [1.165, 1.54) is 0 Å². The lowest BCUT2D eigenvalue weighted by atomic mass is 9.80. The molecule has 0 bridgehead atoms. The average Bonchev–Trinajstić information content (AvgIpc) is 2.49. The Morgan fingerprint density at radius 3 is 2.20 bits per heavy atom. The molecule has 1 aliphatic carbocycles. The van der Waals surface area contributed by atoms with Gasteiger partial charge in [-0.3, -0.25) is 4.79 Å². The summed E-state index contributed by atoms with van der Waals surface area (Å²) < 4.78 is 59.5. The van der Waals surface area contributed by atoms with Crippen LogP contribution in [0.4, 0.5) is 13.2 Å². The van der Waals surface area contributed by atoms with E-state index < -0.39 is 39.8 Å². The number of halogens is 3. The maximum absolute atomic E-state index is 13.7. The molecule has 0 radical (unpaired) electrons. The number of carbonyl (C=O) groups excluding carboxylic acids is 1. The second-order valence-corrected chi connectivity index (χ2v) is 9.61. The fourth-order valence-corrected chi connectivity index (χ4v) is 3.95. The number of hydrogen-bond donors (Lipinski definition) is 1. The first kappa shape index (κ1) is 22.4. The summed E-state index contributed by atoms with van der Waals surface area (Å²) in [4.78, 5) is 12.3. The van der Waals surface area contributed by atoms with Crippen molar-refractivity contribution in [2.75, 3.05) is 6.61 Å². The molecular formula is C17H30F3NO3S. The predicted molar refractivity (Wildman–Crippen MR) is 92.2 cm³/mol. The van der Waals surface area contributed by atoms with Gasteiger partial charge in [-0.05, 0) is 40.0 Å². The first-order valence-electron chi connectivity index (χ1n) is 8.88. The van der Waals surface area contributed by atoms with Crippen molar-refractivity contribution in [2.24, 2.45) is 11.8 Å². The topological polar surface area (TPSA) is 55.4 Å². The van der Waals surface area contributed by atoms with Gasteiger partial charge in [-0.15, -0.1) is 0 Å². The van der Waals surface area contributed by atoms with Crippen molar-refractivity contribution in [2.45, 2.75) is 83.2 Å². The summed E-state index contributed by atoms with van der Waals surface area (Å²) in [5.41, 5.74) is 0. The molecule has 0 aromatic carbocycles. The Morgan fingerprint density at radius 2 is 1.76 bits per heavy atom. The zero-order valence-corrected chi connectivity index (χ0v) is 16.3. The summed E-state index contributed by atoms with van der Waals surface area (Å²) in [6.07, 6.45) is 0.0854. The summed E-state index contributed by atoms with van der Waals surface area (Å²) >= 11 is 0. The van der Waals surface area contributed by atoms with Gasteiger partial charge in [0.1, 0.15) is 6.04 Å². The Kier molecular flexibility index (Phi) is 8.38. The Bertz CT molecular complexity index is 457. The Morgan fingerprint density at radius 1 is 1.20 bits per heavy atom. The average molecular weight is 385 g/mol. The van der Waals surface area contributed by atoms with Crippen molar-refractivity contribution < 1.29 is 26.9 Å². The van der Waals surface area contributed by atoms with Crippen LogP contribution in [-0.2, 0) is 20.5 Å². The van der Waals surface area contributed by atoms with E-state index in [0.717, 1.165) is 32.1 Å². The summed E-state index contributed by atoms with van der Waals surface area (Å²) in [6.45, 7) is 6.35. The summed E-state index contributed by atoms with van der Waals surface area (Å²) in [7, 11) is -1.94. The summed E-state index contributed by atoms with van der Waals surface area (Å²) in [6, 6.07) is -2.17. The second kappa shape index (κ2) is 9.35. The van der Waals surface area contributed by atoms with Crippen molar-refractivity contribution in [3.8, 4) is 0 Å². The van der Waals surface area contributed by atoms with Gasteiger partial charge in [-0.2, -0.15) is 13.2 Å². The molecule has 0 aromatic rings. The minimum Gasteiger partial charge on any atom is -0.466 e. The van der Waals surface area contributed by atoms with Crippen molar-refractivity contribution in [3.63, 3.8) is 0 Å². The molecular weight excluding hydrogens is 355 g/mol. The van der Waals surface area contributed by atoms with E-state index in [1.807, 2.05) is 0 Å². The molecule has 1 N–H and O–H groups in total. The zero-order chi connectivity index (χ0) is 19.3. The molecule has 25 heavy (non-hydrogen) atoms. The Hall–Kier alpha value is -0.630. The maximum atomic E-state index is 13.7. The van der Waals surface area contributed by atoms with Gasteiger partial charge in [-0.25, -0.2) is 8.93 Å². The molecule has 1 saturated carbocycles. The lowest BCUT2D eigenvalue weighted by molar-refractivity contribution is -0.180. The molecule has 0 unspecified atom stereocenters. The molecule has 1 aliphatic rings. The van der Waals surface area contributed by atoms with Gasteiger partial charge < -0.3 is 4.74 Å². The highest BCUT2D eigenvalue weighted by molar-refractivity contribution is 7.84. The van der Waals surface area contributed by atoms with Crippen LogP contribution in [0.25, 0.3) is 0 Å². The first-order chi connectivity index (χ1) is 11.5. The van der Waals surface area contributed by atoms with E-state index in [4.69, 9.17) is 4.74 Å². The number of carbonyl (C=O) groups is 1. The molecule has 0 spiro atoms. The first-order valence-corrected chi connectivity index (χ1v) is 10.0. The zero-order valence-electron chi connectivity index (χ0n) is 15.4. The standard InChI is InChI=1S/C17H30F3NO3S/c1-5-24-15(22)13(11-12-9-7-6-8-10-12)14(17(18,19)20)21-25(23)16(2,3)4/h12-14,21H,5-11H2,1-4H3/t13-,14-,25-/m1/s1. The fraction of sp³-hybridized carbons (Fsp3) is 0.941. The molecule has 0 amide bonds. The van der Waals surface area contributed by atoms with Crippen LogP contribution < -0.4 is 4.72 Å². The molecule has 3 atom stereocenters.